The Bertz CT molecular complexity index is 1730. The van der Waals surface area contributed by atoms with Crippen molar-refractivity contribution in [1.29, 1.82) is 0 Å². The highest BCUT2D eigenvalue weighted by atomic mass is 35.5. The monoisotopic (exact) mass is 636 g/mol. The first kappa shape index (κ1) is 31.8. The van der Waals surface area contributed by atoms with E-state index >= 15 is 0 Å². The second-order valence-electron chi connectivity index (χ2n) is 11.7. The van der Waals surface area contributed by atoms with Gasteiger partial charge in [-0.05, 0) is 64.3 Å². The summed E-state index contributed by atoms with van der Waals surface area (Å²) in [6.07, 6.45) is 1.02. The molecule has 12 nitrogen and oxygen atoms in total. The van der Waals surface area contributed by atoms with Crippen LogP contribution in [0.2, 0.25) is 5.02 Å². The number of carbonyl (C=O) groups is 2. The van der Waals surface area contributed by atoms with E-state index < -0.39 is 29.8 Å². The van der Waals surface area contributed by atoms with Gasteiger partial charge < -0.3 is 24.4 Å². The number of halogens is 1. The van der Waals surface area contributed by atoms with Gasteiger partial charge in [0.2, 0.25) is 5.95 Å². The third kappa shape index (κ3) is 7.75. The average molecular weight is 637 g/mol. The molecule has 1 aliphatic rings. The van der Waals surface area contributed by atoms with Crippen molar-refractivity contribution in [3.05, 3.63) is 75.5 Å². The minimum absolute atomic E-state index is 0.0937. The molecular formula is C32H37ClN6O6. The SMILES string of the molecule is CCOC(=O)Cn1c(Oc2ccccc2)nc2nc(N3CCC[C@@H](NC(=O)OC(C)(C)C)C3)n(Cc3ccccc3Cl)c2c1=O. The lowest BCUT2D eigenvalue weighted by atomic mass is 10.1. The van der Waals surface area contributed by atoms with Crippen LogP contribution in [0.15, 0.2) is 59.4 Å². The molecule has 1 N–H and O–H groups in total. The third-order valence-corrected chi connectivity index (χ3v) is 7.43. The summed E-state index contributed by atoms with van der Waals surface area (Å²) in [5.74, 6) is 0.303. The van der Waals surface area contributed by atoms with E-state index in [1.807, 2.05) is 49.9 Å². The molecule has 13 heteroatoms. The molecule has 45 heavy (non-hydrogen) atoms. The number of fused-ring (bicyclic) bond motifs is 1. The van der Waals surface area contributed by atoms with E-state index in [1.54, 1.807) is 41.8 Å². The topological polar surface area (TPSA) is 130 Å². The number of hydrogen-bond donors (Lipinski definition) is 1. The Labute approximate surface area is 265 Å². The summed E-state index contributed by atoms with van der Waals surface area (Å²) in [5.41, 5.74) is -0.0609. The fourth-order valence-electron chi connectivity index (χ4n) is 5.17. The van der Waals surface area contributed by atoms with Crippen molar-refractivity contribution < 1.29 is 23.8 Å². The standard InChI is InChI=1S/C32H37ClN6O6/c1-5-43-25(40)20-39-28(41)26-27(36-30(39)44-23-14-7-6-8-15-23)35-29(38(26)18-21-12-9-10-16-24(21)33)37-17-11-13-22(19-37)34-31(42)45-32(2,3)4/h6-10,12,14-16,22H,5,11,13,17-20H2,1-4H3,(H,34,42)/t22-/m1/s1. The van der Waals surface area contributed by atoms with Gasteiger partial charge in [0.1, 0.15) is 17.9 Å². The molecule has 1 atom stereocenters. The van der Waals surface area contributed by atoms with Crippen LogP contribution in [0.5, 0.6) is 11.8 Å². The smallest absolute Gasteiger partial charge is 0.407 e. The molecule has 2 aromatic carbocycles. The summed E-state index contributed by atoms with van der Waals surface area (Å²) >= 11 is 6.56. The maximum Gasteiger partial charge on any atom is 0.407 e. The van der Waals surface area contributed by atoms with Crippen LogP contribution in [0.25, 0.3) is 11.2 Å². The van der Waals surface area contributed by atoms with E-state index in [1.165, 1.54) is 0 Å². The Hall–Kier alpha value is -4.58. The number of rotatable bonds is 9. The van der Waals surface area contributed by atoms with Gasteiger partial charge in [0.25, 0.3) is 5.56 Å². The zero-order chi connectivity index (χ0) is 32.1. The van der Waals surface area contributed by atoms with Gasteiger partial charge >= 0.3 is 18.1 Å². The summed E-state index contributed by atoms with van der Waals surface area (Å²) in [6, 6.07) is 15.9. The fourth-order valence-corrected chi connectivity index (χ4v) is 5.36. The molecule has 1 saturated heterocycles. The van der Waals surface area contributed by atoms with Crippen molar-refractivity contribution in [3.63, 3.8) is 0 Å². The largest absolute Gasteiger partial charge is 0.465 e. The average Bonchev–Trinajstić information content (AvgIpc) is 3.34. The molecule has 2 aromatic heterocycles. The number of benzene rings is 2. The summed E-state index contributed by atoms with van der Waals surface area (Å²) in [7, 11) is 0. The number of aromatic nitrogens is 4. The third-order valence-electron chi connectivity index (χ3n) is 7.07. The van der Waals surface area contributed by atoms with E-state index in [9.17, 15) is 14.4 Å². The van der Waals surface area contributed by atoms with Crippen LogP contribution in [0.1, 0.15) is 46.1 Å². The maximum atomic E-state index is 14.3. The maximum absolute atomic E-state index is 14.3. The van der Waals surface area contributed by atoms with Crippen LogP contribution < -0.4 is 20.5 Å². The van der Waals surface area contributed by atoms with Crippen molar-refractivity contribution in [2.24, 2.45) is 0 Å². The van der Waals surface area contributed by atoms with E-state index in [-0.39, 0.29) is 36.4 Å². The molecule has 5 rings (SSSR count). The van der Waals surface area contributed by atoms with Crippen LogP contribution in [-0.4, -0.2) is 62.5 Å². The number of para-hydroxylation sites is 1. The summed E-state index contributed by atoms with van der Waals surface area (Å²) < 4.78 is 19.6. The van der Waals surface area contributed by atoms with Gasteiger partial charge in [-0.3, -0.25) is 14.2 Å². The van der Waals surface area contributed by atoms with Crippen LogP contribution in [0.4, 0.5) is 10.7 Å². The predicted molar refractivity (Wildman–Crippen MR) is 170 cm³/mol. The van der Waals surface area contributed by atoms with Crippen molar-refractivity contribution in [1.82, 2.24) is 24.4 Å². The lowest BCUT2D eigenvalue weighted by Crippen LogP contribution is -2.49. The number of imidazole rings is 1. The van der Waals surface area contributed by atoms with Gasteiger partial charge in [-0.2, -0.15) is 9.97 Å². The number of piperidine rings is 1. The quantitative estimate of drug-likeness (QED) is 0.248. The molecule has 4 aromatic rings. The molecule has 0 aliphatic carbocycles. The van der Waals surface area contributed by atoms with Gasteiger partial charge in [-0.15, -0.1) is 0 Å². The van der Waals surface area contributed by atoms with E-state index in [2.05, 4.69) is 10.3 Å². The zero-order valence-corrected chi connectivity index (χ0v) is 26.5. The molecule has 1 aliphatic heterocycles. The van der Waals surface area contributed by atoms with Gasteiger partial charge in [0.15, 0.2) is 11.2 Å². The number of nitrogens with one attached hydrogen (secondary N) is 1. The Morgan fingerprint density at radius 1 is 1.04 bits per heavy atom. The summed E-state index contributed by atoms with van der Waals surface area (Å²) in [6.45, 7) is 8.14. The van der Waals surface area contributed by atoms with E-state index in [0.717, 1.165) is 23.0 Å². The molecule has 1 fully saturated rings. The molecule has 3 heterocycles. The number of anilines is 1. The second-order valence-corrected chi connectivity index (χ2v) is 12.1. The van der Waals surface area contributed by atoms with Crippen molar-refractivity contribution in [3.8, 4) is 11.8 Å². The Morgan fingerprint density at radius 3 is 2.49 bits per heavy atom. The molecule has 238 valence electrons. The highest BCUT2D eigenvalue weighted by Gasteiger charge is 2.30. The molecule has 0 unspecified atom stereocenters. The van der Waals surface area contributed by atoms with Crippen LogP contribution in [0, 0.1) is 0 Å². The molecule has 0 radical (unpaired) electrons. The van der Waals surface area contributed by atoms with Gasteiger partial charge in [0, 0.05) is 24.2 Å². The highest BCUT2D eigenvalue weighted by molar-refractivity contribution is 6.31. The molecular weight excluding hydrogens is 600 g/mol. The van der Waals surface area contributed by atoms with Gasteiger partial charge in [-0.1, -0.05) is 48.0 Å². The number of ether oxygens (including phenoxy) is 3. The van der Waals surface area contributed by atoms with Crippen molar-refractivity contribution >= 4 is 40.8 Å². The van der Waals surface area contributed by atoms with Crippen LogP contribution in [-0.2, 0) is 27.4 Å². The Kier molecular flexibility index (Phi) is 9.62. The first-order valence-corrected chi connectivity index (χ1v) is 15.3. The second kappa shape index (κ2) is 13.6. The normalized spacial score (nSPS) is 15.1. The molecule has 0 bridgehead atoms. The number of alkyl carbamates (subject to hydrolysis) is 1. The molecule has 0 saturated carbocycles. The highest BCUT2D eigenvalue weighted by Crippen LogP contribution is 2.28. The lowest BCUT2D eigenvalue weighted by Gasteiger charge is -2.34. The molecule has 1 amide bonds. The summed E-state index contributed by atoms with van der Waals surface area (Å²) in [4.78, 5) is 51.0. The van der Waals surface area contributed by atoms with Gasteiger partial charge in [-0.25, -0.2) is 9.36 Å². The van der Waals surface area contributed by atoms with Gasteiger partial charge in [0.05, 0.1) is 13.2 Å². The number of hydrogen-bond acceptors (Lipinski definition) is 9. The number of nitrogens with zero attached hydrogens (tertiary/aromatic N) is 5. The van der Waals surface area contributed by atoms with Crippen molar-refractivity contribution in [2.75, 3.05) is 24.6 Å². The zero-order valence-electron chi connectivity index (χ0n) is 25.8. The van der Waals surface area contributed by atoms with Crippen LogP contribution >= 0.6 is 11.6 Å². The first-order chi connectivity index (χ1) is 21.5. The van der Waals surface area contributed by atoms with Crippen LogP contribution in [0.3, 0.4) is 0 Å². The minimum Gasteiger partial charge on any atom is -0.465 e. The molecule has 0 spiro atoms. The summed E-state index contributed by atoms with van der Waals surface area (Å²) in [5, 5.41) is 3.49. The van der Waals surface area contributed by atoms with E-state index in [0.29, 0.717) is 29.8 Å². The lowest BCUT2D eigenvalue weighted by molar-refractivity contribution is -0.144. The number of carbonyl (C=O) groups excluding carboxylic acids is 2. The predicted octanol–water partition coefficient (Wildman–Crippen LogP) is 5.14. The fraction of sp³-hybridized carbons (Fsp3) is 0.406. The Balaban J connectivity index is 1.61. The number of esters is 1. The minimum atomic E-state index is -0.629. The Morgan fingerprint density at radius 2 is 1.78 bits per heavy atom. The first-order valence-electron chi connectivity index (χ1n) is 14.9. The van der Waals surface area contributed by atoms with Crippen molar-refractivity contribution in [2.45, 2.75) is 65.3 Å². The van der Waals surface area contributed by atoms with E-state index in [4.69, 9.17) is 30.8 Å². The number of amides is 1.